The third-order valence-electron chi connectivity index (χ3n) is 2.88. The summed E-state index contributed by atoms with van der Waals surface area (Å²) in [6.45, 7) is -0.277. The highest BCUT2D eigenvalue weighted by molar-refractivity contribution is 5.73. The van der Waals surface area contributed by atoms with Crippen LogP contribution in [0.15, 0.2) is 54.6 Å². The molecule has 0 amide bonds. The maximum Gasteiger partial charge on any atom is 0.416 e. The molecule has 0 fully saturated rings. The third kappa shape index (κ3) is 4.91. The molecule has 23 heavy (non-hydrogen) atoms. The molecule has 2 aromatic rings. The molecule has 0 radical (unpaired) electrons. The van der Waals surface area contributed by atoms with Gasteiger partial charge in [-0.3, -0.25) is 0 Å². The molecule has 1 unspecified atom stereocenters. The molecule has 0 saturated carbocycles. The molecule has 0 spiro atoms. The average Bonchev–Trinajstić information content (AvgIpc) is 2.51. The Hall–Kier alpha value is -2.70. The van der Waals surface area contributed by atoms with Crippen LogP contribution in [-0.2, 0) is 11.0 Å². The Morgan fingerprint density at radius 3 is 2.13 bits per heavy atom. The van der Waals surface area contributed by atoms with E-state index < -0.39 is 23.8 Å². The molecule has 0 aromatic heterocycles. The summed E-state index contributed by atoms with van der Waals surface area (Å²) in [6, 6.07) is 12.3. The standard InChI is InChI=1S/C16H13F3O4/c17-16(18,19)11-6-8-13(9-7-11)23-14(15(20)21)10-22-12-4-2-1-3-5-12/h1-9,14H,10H2,(H,20,21). The predicted octanol–water partition coefficient (Wildman–Crippen LogP) is 3.62. The highest BCUT2D eigenvalue weighted by Gasteiger charge is 2.30. The van der Waals surface area contributed by atoms with Crippen LogP contribution >= 0.6 is 0 Å². The van der Waals surface area contributed by atoms with Gasteiger partial charge in [0, 0.05) is 0 Å². The van der Waals surface area contributed by atoms with E-state index in [2.05, 4.69) is 0 Å². The first-order chi connectivity index (χ1) is 10.9. The van der Waals surface area contributed by atoms with Gasteiger partial charge in [-0.1, -0.05) is 18.2 Å². The number of alkyl halides is 3. The summed E-state index contributed by atoms with van der Waals surface area (Å²) in [4.78, 5) is 11.2. The zero-order chi connectivity index (χ0) is 16.9. The van der Waals surface area contributed by atoms with E-state index in [1.807, 2.05) is 0 Å². The van der Waals surface area contributed by atoms with Crippen LogP contribution in [0.4, 0.5) is 13.2 Å². The number of carboxylic acid groups (broad SMARTS) is 1. The van der Waals surface area contributed by atoms with Crippen LogP contribution in [0.5, 0.6) is 11.5 Å². The van der Waals surface area contributed by atoms with Gasteiger partial charge in [-0.25, -0.2) is 4.79 Å². The molecule has 2 aromatic carbocycles. The molecule has 0 aliphatic carbocycles. The Balaban J connectivity index is 2.00. The Bertz CT molecular complexity index is 639. The van der Waals surface area contributed by atoms with Crippen molar-refractivity contribution < 1.29 is 32.5 Å². The molecule has 0 aliphatic heterocycles. The fourth-order valence-corrected chi connectivity index (χ4v) is 1.73. The normalized spacial score (nSPS) is 12.5. The molecule has 0 saturated heterocycles. The van der Waals surface area contributed by atoms with Crippen LogP contribution in [-0.4, -0.2) is 23.8 Å². The van der Waals surface area contributed by atoms with E-state index in [9.17, 15) is 18.0 Å². The van der Waals surface area contributed by atoms with Crippen LogP contribution in [0.3, 0.4) is 0 Å². The zero-order valence-corrected chi connectivity index (χ0v) is 11.8. The van der Waals surface area contributed by atoms with Crippen molar-refractivity contribution in [1.29, 1.82) is 0 Å². The number of hydrogen-bond acceptors (Lipinski definition) is 3. The van der Waals surface area contributed by atoms with Crippen molar-refractivity contribution in [3.05, 3.63) is 60.2 Å². The minimum absolute atomic E-state index is 0.0158. The third-order valence-corrected chi connectivity index (χ3v) is 2.88. The number of para-hydroxylation sites is 1. The van der Waals surface area contributed by atoms with E-state index in [4.69, 9.17) is 14.6 Å². The topological polar surface area (TPSA) is 55.8 Å². The minimum Gasteiger partial charge on any atom is -0.489 e. The van der Waals surface area contributed by atoms with Crippen molar-refractivity contribution in [2.75, 3.05) is 6.61 Å². The minimum atomic E-state index is -4.46. The fraction of sp³-hybridized carbons (Fsp3) is 0.188. The second kappa shape index (κ2) is 7.04. The Morgan fingerprint density at radius 1 is 1.00 bits per heavy atom. The summed E-state index contributed by atoms with van der Waals surface area (Å²) in [6.07, 6.45) is -5.80. The molecule has 2 rings (SSSR count). The van der Waals surface area contributed by atoms with Gasteiger partial charge in [0.25, 0.3) is 0 Å². The summed E-state index contributed by atoms with van der Waals surface area (Å²) in [5.74, 6) is -0.794. The SMILES string of the molecule is O=C(O)C(COc1ccccc1)Oc1ccc(C(F)(F)F)cc1. The molecule has 0 bridgehead atoms. The first-order valence-electron chi connectivity index (χ1n) is 6.61. The summed E-state index contributed by atoms with van der Waals surface area (Å²) < 4.78 is 47.9. The van der Waals surface area contributed by atoms with Gasteiger partial charge in [-0.2, -0.15) is 13.2 Å². The largest absolute Gasteiger partial charge is 0.489 e. The Labute approximate surface area is 130 Å². The lowest BCUT2D eigenvalue weighted by molar-refractivity contribution is -0.146. The average molecular weight is 326 g/mol. The molecule has 4 nitrogen and oxygen atoms in total. The van der Waals surface area contributed by atoms with Crippen LogP contribution in [0.1, 0.15) is 5.56 Å². The van der Waals surface area contributed by atoms with E-state index in [-0.39, 0.29) is 12.4 Å². The van der Waals surface area contributed by atoms with Crippen LogP contribution in [0.25, 0.3) is 0 Å². The predicted molar refractivity (Wildman–Crippen MR) is 75.4 cm³/mol. The van der Waals surface area contributed by atoms with Crippen molar-refractivity contribution in [3.63, 3.8) is 0 Å². The molecule has 0 heterocycles. The van der Waals surface area contributed by atoms with Gasteiger partial charge in [-0.05, 0) is 36.4 Å². The van der Waals surface area contributed by atoms with Crippen LogP contribution < -0.4 is 9.47 Å². The molecule has 1 atom stereocenters. The number of ether oxygens (including phenoxy) is 2. The first kappa shape index (κ1) is 16.7. The molecule has 122 valence electrons. The van der Waals surface area contributed by atoms with Gasteiger partial charge in [0.15, 0.2) is 0 Å². The van der Waals surface area contributed by atoms with Crippen molar-refractivity contribution in [2.45, 2.75) is 12.3 Å². The lowest BCUT2D eigenvalue weighted by Crippen LogP contribution is -2.33. The molecular weight excluding hydrogens is 313 g/mol. The summed E-state index contributed by atoms with van der Waals surface area (Å²) >= 11 is 0. The van der Waals surface area contributed by atoms with Crippen molar-refractivity contribution in [1.82, 2.24) is 0 Å². The molecule has 7 heteroatoms. The van der Waals surface area contributed by atoms with E-state index in [0.29, 0.717) is 5.75 Å². The quantitative estimate of drug-likeness (QED) is 0.881. The lowest BCUT2D eigenvalue weighted by atomic mass is 10.2. The summed E-state index contributed by atoms with van der Waals surface area (Å²) in [5.41, 5.74) is -0.836. The lowest BCUT2D eigenvalue weighted by Gasteiger charge is -2.16. The van der Waals surface area contributed by atoms with Gasteiger partial charge in [0.05, 0.1) is 5.56 Å². The van der Waals surface area contributed by atoms with Gasteiger partial charge >= 0.3 is 12.1 Å². The van der Waals surface area contributed by atoms with E-state index in [0.717, 1.165) is 24.3 Å². The van der Waals surface area contributed by atoms with Gasteiger partial charge in [0.2, 0.25) is 6.10 Å². The number of rotatable bonds is 6. The van der Waals surface area contributed by atoms with Crippen LogP contribution in [0.2, 0.25) is 0 Å². The zero-order valence-electron chi connectivity index (χ0n) is 11.8. The fourth-order valence-electron chi connectivity index (χ4n) is 1.73. The number of hydrogen-bond donors (Lipinski definition) is 1. The number of carbonyl (C=O) groups is 1. The molecule has 1 N–H and O–H groups in total. The molecular formula is C16H13F3O4. The maximum atomic E-state index is 12.5. The van der Waals surface area contributed by atoms with Crippen molar-refractivity contribution in [2.24, 2.45) is 0 Å². The van der Waals surface area contributed by atoms with E-state index in [1.165, 1.54) is 0 Å². The van der Waals surface area contributed by atoms with Crippen molar-refractivity contribution in [3.8, 4) is 11.5 Å². The smallest absolute Gasteiger partial charge is 0.416 e. The maximum absolute atomic E-state index is 12.5. The van der Waals surface area contributed by atoms with Gasteiger partial charge in [-0.15, -0.1) is 0 Å². The summed E-state index contributed by atoms with van der Waals surface area (Å²) in [7, 11) is 0. The number of carboxylic acids is 1. The number of halogens is 3. The highest BCUT2D eigenvalue weighted by Crippen LogP contribution is 2.30. The second-order valence-corrected chi connectivity index (χ2v) is 4.59. The second-order valence-electron chi connectivity index (χ2n) is 4.59. The number of aliphatic carboxylic acids is 1. The number of benzene rings is 2. The summed E-state index contributed by atoms with van der Waals surface area (Å²) in [5, 5.41) is 9.11. The van der Waals surface area contributed by atoms with Crippen LogP contribution in [0, 0.1) is 0 Å². The highest BCUT2D eigenvalue weighted by atomic mass is 19.4. The van der Waals surface area contributed by atoms with Crippen molar-refractivity contribution >= 4 is 5.97 Å². The monoisotopic (exact) mass is 326 g/mol. The Morgan fingerprint density at radius 2 is 1.61 bits per heavy atom. The van der Waals surface area contributed by atoms with E-state index in [1.54, 1.807) is 30.3 Å². The Kier molecular flexibility index (Phi) is 5.10. The van der Waals surface area contributed by atoms with E-state index >= 15 is 0 Å². The van der Waals surface area contributed by atoms with Gasteiger partial charge < -0.3 is 14.6 Å². The first-order valence-corrected chi connectivity index (χ1v) is 6.61. The molecule has 0 aliphatic rings. The van der Waals surface area contributed by atoms with Gasteiger partial charge in [0.1, 0.15) is 18.1 Å².